The number of aromatic nitrogens is 1. The quantitative estimate of drug-likeness (QED) is 0.703. The van der Waals surface area contributed by atoms with Crippen molar-refractivity contribution in [1.82, 2.24) is 14.2 Å². The highest BCUT2D eigenvalue weighted by Crippen LogP contribution is 2.44. The number of sulfonamides is 1. The Kier molecular flexibility index (Phi) is 6.17. The molecule has 182 valence electrons. The van der Waals surface area contributed by atoms with Crippen molar-refractivity contribution in [2.24, 2.45) is 13.0 Å². The lowest BCUT2D eigenvalue weighted by Gasteiger charge is -2.37. The molecular formula is C25H32N4O4S. The number of carbonyl (C=O) groups is 1. The van der Waals surface area contributed by atoms with E-state index in [0.29, 0.717) is 56.9 Å². The zero-order chi connectivity index (χ0) is 24.0. The summed E-state index contributed by atoms with van der Waals surface area (Å²) in [5.74, 6) is 0.515. The predicted molar refractivity (Wildman–Crippen MR) is 128 cm³/mol. The molecule has 1 aromatic carbocycles. The third-order valence-electron chi connectivity index (χ3n) is 7.65. The Morgan fingerprint density at radius 2 is 1.91 bits per heavy atom. The summed E-state index contributed by atoms with van der Waals surface area (Å²) >= 11 is 0. The van der Waals surface area contributed by atoms with Gasteiger partial charge < -0.3 is 14.2 Å². The molecule has 2 saturated carbocycles. The van der Waals surface area contributed by atoms with Crippen LogP contribution in [0.5, 0.6) is 0 Å². The Labute approximate surface area is 200 Å². The van der Waals surface area contributed by atoms with E-state index in [4.69, 9.17) is 4.74 Å². The molecule has 1 aromatic heterocycles. The number of amides is 1. The number of hydrogen-bond donors (Lipinski definition) is 1. The lowest BCUT2D eigenvalue weighted by atomic mass is 9.85. The van der Waals surface area contributed by atoms with Crippen molar-refractivity contribution in [3.8, 4) is 6.07 Å². The molecule has 1 aliphatic heterocycles. The molecule has 8 nitrogen and oxygen atoms in total. The summed E-state index contributed by atoms with van der Waals surface area (Å²) in [5.41, 5.74) is 2.45. The number of aryl methyl sites for hydroxylation is 1. The molecule has 0 bridgehead atoms. The molecule has 0 radical (unpaired) electrons. The molecule has 1 saturated heterocycles. The lowest BCUT2D eigenvalue weighted by molar-refractivity contribution is -0.144. The first kappa shape index (κ1) is 23.3. The minimum atomic E-state index is -3.71. The molecule has 2 aliphatic carbocycles. The van der Waals surface area contributed by atoms with Crippen molar-refractivity contribution in [3.63, 3.8) is 0 Å². The third kappa shape index (κ3) is 4.23. The van der Waals surface area contributed by atoms with Crippen molar-refractivity contribution >= 4 is 26.8 Å². The number of morpholine rings is 1. The number of hydrogen-bond acceptors (Lipinski definition) is 5. The van der Waals surface area contributed by atoms with E-state index < -0.39 is 10.0 Å². The van der Waals surface area contributed by atoms with Gasteiger partial charge in [-0.15, -0.1) is 0 Å². The van der Waals surface area contributed by atoms with Crippen LogP contribution in [0.15, 0.2) is 23.1 Å². The molecular weight excluding hydrogens is 452 g/mol. The second-order valence-electron chi connectivity index (χ2n) is 10.0. The number of carbonyl (C=O) groups excluding carboxylic acids is 1. The van der Waals surface area contributed by atoms with Gasteiger partial charge >= 0.3 is 0 Å². The zero-order valence-electron chi connectivity index (χ0n) is 19.8. The van der Waals surface area contributed by atoms with Gasteiger partial charge in [0.15, 0.2) is 0 Å². The summed E-state index contributed by atoms with van der Waals surface area (Å²) in [6.45, 7) is 3.79. The summed E-state index contributed by atoms with van der Waals surface area (Å²) in [4.78, 5) is 15.1. The summed E-state index contributed by atoms with van der Waals surface area (Å²) < 4.78 is 36.7. The van der Waals surface area contributed by atoms with E-state index in [1.807, 2.05) is 23.4 Å². The van der Waals surface area contributed by atoms with Crippen LogP contribution in [0.1, 0.15) is 62.6 Å². The second-order valence-corrected chi connectivity index (χ2v) is 11.7. The molecule has 34 heavy (non-hydrogen) atoms. The first-order valence-corrected chi connectivity index (χ1v) is 13.7. The molecule has 5 rings (SSSR count). The van der Waals surface area contributed by atoms with Crippen LogP contribution in [0.4, 0.5) is 0 Å². The first-order chi connectivity index (χ1) is 16.3. The van der Waals surface area contributed by atoms with Crippen molar-refractivity contribution in [3.05, 3.63) is 29.5 Å². The van der Waals surface area contributed by atoms with E-state index in [1.54, 1.807) is 18.2 Å². The van der Waals surface area contributed by atoms with Crippen LogP contribution < -0.4 is 4.72 Å². The van der Waals surface area contributed by atoms with Gasteiger partial charge in [0.25, 0.3) is 0 Å². The molecule has 1 amide bonds. The Balaban J connectivity index is 1.28. The maximum atomic E-state index is 13.2. The van der Waals surface area contributed by atoms with E-state index in [1.165, 1.54) is 0 Å². The van der Waals surface area contributed by atoms with Gasteiger partial charge in [-0.25, -0.2) is 13.1 Å². The molecule has 1 atom stereocenters. The number of nitrogens with zero attached hydrogens (tertiary/aromatic N) is 3. The van der Waals surface area contributed by atoms with E-state index in [0.717, 1.165) is 29.4 Å². The molecule has 3 fully saturated rings. The van der Waals surface area contributed by atoms with E-state index in [2.05, 4.69) is 10.8 Å². The SMILES string of the molecule is CC1COCCN1C(=O)[C@H]1CC[C@H](NS(=O)(=O)c2ccc3c(C#N)c(C4CC4)n(C)c3c2)CC1. The van der Waals surface area contributed by atoms with Crippen molar-refractivity contribution in [1.29, 1.82) is 5.26 Å². The first-order valence-electron chi connectivity index (χ1n) is 12.2. The van der Waals surface area contributed by atoms with Gasteiger partial charge in [0.05, 0.1) is 35.2 Å². The van der Waals surface area contributed by atoms with E-state index >= 15 is 0 Å². The Hall–Kier alpha value is -2.41. The highest BCUT2D eigenvalue weighted by Gasteiger charge is 2.35. The van der Waals surface area contributed by atoms with Crippen LogP contribution in [-0.4, -0.2) is 55.6 Å². The van der Waals surface area contributed by atoms with Crippen LogP contribution in [-0.2, 0) is 26.6 Å². The van der Waals surface area contributed by atoms with Crippen LogP contribution in [0, 0.1) is 17.2 Å². The van der Waals surface area contributed by atoms with Crippen LogP contribution in [0.3, 0.4) is 0 Å². The third-order valence-corrected chi connectivity index (χ3v) is 9.17. The van der Waals surface area contributed by atoms with Crippen molar-refractivity contribution < 1.29 is 17.9 Å². The Morgan fingerprint density at radius 1 is 1.18 bits per heavy atom. The highest BCUT2D eigenvalue weighted by molar-refractivity contribution is 7.89. The number of ether oxygens (including phenoxy) is 1. The molecule has 1 unspecified atom stereocenters. The monoisotopic (exact) mass is 484 g/mol. The Bertz CT molecular complexity index is 1250. The van der Waals surface area contributed by atoms with Gasteiger partial charge in [0.2, 0.25) is 15.9 Å². The normalized spacial score (nSPS) is 25.9. The lowest BCUT2D eigenvalue weighted by Crippen LogP contribution is -2.50. The van der Waals surface area contributed by atoms with Gasteiger partial charge in [-0.2, -0.15) is 5.26 Å². The van der Waals surface area contributed by atoms with Gasteiger partial charge in [-0.1, -0.05) is 6.07 Å². The smallest absolute Gasteiger partial charge is 0.240 e. The molecule has 2 aromatic rings. The molecule has 1 N–H and O–H groups in total. The largest absolute Gasteiger partial charge is 0.377 e. The molecule has 0 spiro atoms. The topological polar surface area (TPSA) is 104 Å². The number of nitrogens with one attached hydrogen (secondary N) is 1. The van der Waals surface area contributed by atoms with Crippen molar-refractivity contribution in [2.45, 2.75) is 68.3 Å². The minimum Gasteiger partial charge on any atom is -0.377 e. The van der Waals surface area contributed by atoms with Gasteiger partial charge in [-0.3, -0.25) is 4.79 Å². The zero-order valence-corrected chi connectivity index (χ0v) is 20.6. The van der Waals surface area contributed by atoms with E-state index in [9.17, 15) is 18.5 Å². The number of nitriles is 1. The summed E-state index contributed by atoms with van der Waals surface area (Å²) in [6, 6.07) is 7.26. The van der Waals surface area contributed by atoms with Gasteiger partial charge in [0, 0.05) is 42.6 Å². The standard InChI is InChI=1S/C25H32N4O4S/c1-16-15-33-12-11-29(16)25(30)18-5-7-19(8-6-18)27-34(31,32)20-9-10-21-22(14-26)24(17-3-4-17)28(2)23(21)13-20/h9-10,13,16-19,27H,3-8,11-12,15H2,1-2H3/t16?,18-,19-. The average Bonchev–Trinajstić information content (AvgIpc) is 3.63. The van der Waals surface area contributed by atoms with Crippen LogP contribution in [0.25, 0.3) is 10.9 Å². The maximum absolute atomic E-state index is 13.2. The fourth-order valence-corrected chi connectivity index (χ4v) is 6.91. The molecule has 9 heteroatoms. The van der Waals surface area contributed by atoms with E-state index in [-0.39, 0.29) is 28.8 Å². The summed E-state index contributed by atoms with van der Waals surface area (Å²) in [7, 11) is -1.80. The molecule has 3 aliphatic rings. The predicted octanol–water partition coefficient (Wildman–Crippen LogP) is 3.01. The minimum absolute atomic E-state index is 0.0497. The van der Waals surface area contributed by atoms with Gasteiger partial charge in [0.1, 0.15) is 6.07 Å². The summed E-state index contributed by atoms with van der Waals surface area (Å²) in [6.07, 6.45) is 4.80. The fraction of sp³-hybridized carbons (Fsp3) is 0.600. The van der Waals surface area contributed by atoms with Gasteiger partial charge in [-0.05, 0) is 57.6 Å². The fourth-order valence-electron chi connectivity index (χ4n) is 5.59. The number of benzene rings is 1. The Morgan fingerprint density at radius 3 is 2.56 bits per heavy atom. The maximum Gasteiger partial charge on any atom is 0.240 e. The highest BCUT2D eigenvalue weighted by atomic mass is 32.2. The molecule has 2 heterocycles. The van der Waals surface area contributed by atoms with Crippen LogP contribution >= 0.6 is 0 Å². The number of rotatable bonds is 5. The summed E-state index contributed by atoms with van der Waals surface area (Å²) in [5, 5.41) is 10.5. The second kappa shape index (κ2) is 8.99. The average molecular weight is 485 g/mol. The van der Waals surface area contributed by atoms with Crippen LogP contribution in [0.2, 0.25) is 0 Å². The van der Waals surface area contributed by atoms with Crippen molar-refractivity contribution in [2.75, 3.05) is 19.8 Å². The number of fused-ring (bicyclic) bond motifs is 1.